The van der Waals surface area contributed by atoms with E-state index in [0.717, 1.165) is 66.7 Å². The Morgan fingerprint density at radius 3 is 2.57 bits per heavy atom. The number of rotatable bonds is 13. The highest BCUT2D eigenvalue weighted by Crippen LogP contribution is 2.33. The van der Waals surface area contributed by atoms with E-state index in [0.29, 0.717) is 23.0 Å². The number of alkyl halides is 3. The van der Waals surface area contributed by atoms with Crippen molar-refractivity contribution in [3.05, 3.63) is 106 Å². The number of furan rings is 1. The summed E-state index contributed by atoms with van der Waals surface area (Å²) in [5.41, 5.74) is 3.64. The minimum Gasteiger partial charge on any atom is -0.497 e. The Bertz CT molecular complexity index is 1940. The van der Waals surface area contributed by atoms with Gasteiger partial charge < -0.3 is 33.6 Å². The summed E-state index contributed by atoms with van der Waals surface area (Å²) in [6.07, 6.45) is 0.921. The van der Waals surface area contributed by atoms with Gasteiger partial charge >= 0.3 is 6.36 Å². The van der Waals surface area contributed by atoms with Gasteiger partial charge in [0, 0.05) is 44.2 Å². The molecule has 1 aliphatic rings. The van der Waals surface area contributed by atoms with E-state index in [1.807, 2.05) is 30.3 Å². The fourth-order valence-corrected chi connectivity index (χ4v) is 6.81. The summed E-state index contributed by atoms with van der Waals surface area (Å²) in [6, 6.07) is 19.3. The standard InChI is InChI=1S/C37H38Cl2F3N5O4/c1-45(35(48)29-20-28(49-2)8-10-34(29)51-37(40,41)42)22-26(25-7-9-30(38)31(39)19-25)11-15-46-16-12-27(13-17-46)43-36-44-32-5-3-4-6-33(32)47(36)21-24-14-18-50-23-24/h3-10,14,18-20,23,26-27H,11-13,15-17,21-22H2,1-2H3,(H,43,44). The Morgan fingerprint density at radius 1 is 1.08 bits per heavy atom. The summed E-state index contributed by atoms with van der Waals surface area (Å²) in [6.45, 7) is 3.29. The van der Waals surface area contributed by atoms with Crippen LogP contribution in [0.2, 0.25) is 10.0 Å². The van der Waals surface area contributed by atoms with E-state index in [4.69, 9.17) is 37.3 Å². The van der Waals surface area contributed by atoms with Crippen molar-refractivity contribution in [3.63, 3.8) is 0 Å². The maximum atomic E-state index is 13.6. The number of para-hydroxylation sites is 2. The van der Waals surface area contributed by atoms with Gasteiger partial charge in [0.05, 0.1) is 52.8 Å². The number of halogens is 5. The molecule has 3 heterocycles. The molecule has 6 rings (SSSR count). The van der Waals surface area contributed by atoms with E-state index in [9.17, 15) is 18.0 Å². The Labute approximate surface area is 303 Å². The molecule has 14 heteroatoms. The SMILES string of the molecule is COc1ccc(OC(F)(F)F)c(C(=O)N(C)CC(CCN2CCC(Nc3nc4ccccc4n3Cc3ccoc3)CC2)c2ccc(Cl)c(Cl)c2)c1. The first-order valence-corrected chi connectivity index (χ1v) is 17.3. The van der Waals surface area contributed by atoms with Crippen molar-refractivity contribution in [2.45, 2.75) is 44.1 Å². The van der Waals surface area contributed by atoms with Gasteiger partial charge in [-0.25, -0.2) is 4.98 Å². The van der Waals surface area contributed by atoms with Crippen LogP contribution in [-0.4, -0.2) is 78.0 Å². The fourth-order valence-electron chi connectivity index (χ4n) is 6.50. The van der Waals surface area contributed by atoms with Crippen molar-refractivity contribution >= 4 is 46.1 Å². The second-order valence-electron chi connectivity index (χ2n) is 12.7. The Morgan fingerprint density at radius 2 is 1.86 bits per heavy atom. The number of hydrogen-bond acceptors (Lipinski definition) is 7. The van der Waals surface area contributed by atoms with Crippen molar-refractivity contribution in [1.82, 2.24) is 19.4 Å². The summed E-state index contributed by atoms with van der Waals surface area (Å²) in [4.78, 5) is 22.3. The van der Waals surface area contributed by atoms with Gasteiger partial charge in [-0.3, -0.25) is 4.79 Å². The fraction of sp³-hybridized carbons (Fsp3) is 0.351. The highest BCUT2D eigenvalue weighted by atomic mass is 35.5. The van der Waals surface area contributed by atoms with Gasteiger partial charge in [-0.1, -0.05) is 41.4 Å². The van der Waals surface area contributed by atoms with Crippen LogP contribution in [0.5, 0.6) is 11.5 Å². The first-order chi connectivity index (χ1) is 24.5. The highest BCUT2D eigenvalue weighted by molar-refractivity contribution is 6.42. The number of carbonyl (C=O) groups is 1. The van der Waals surface area contributed by atoms with Gasteiger partial charge in [0.2, 0.25) is 5.95 Å². The van der Waals surface area contributed by atoms with Crippen LogP contribution in [0.3, 0.4) is 0 Å². The molecule has 0 spiro atoms. The van der Waals surface area contributed by atoms with Crippen LogP contribution in [0.4, 0.5) is 19.1 Å². The lowest BCUT2D eigenvalue weighted by molar-refractivity contribution is -0.274. The van der Waals surface area contributed by atoms with Gasteiger partial charge in [-0.05, 0) is 79.9 Å². The number of imidazole rings is 1. The number of likely N-dealkylation sites (N-methyl/N-ethyl adjacent to an activating group) is 1. The molecule has 1 N–H and O–H groups in total. The van der Waals surface area contributed by atoms with Crippen molar-refractivity contribution in [3.8, 4) is 11.5 Å². The zero-order valence-electron chi connectivity index (χ0n) is 28.1. The van der Waals surface area contributed by atoms with Crippen molar-refractivity contribution in [1.29, 1.82) is 0 Å². The van der Waals surface area contributed by atoms with Crippen LogP contribution in [0.15, 0.2) is 83.7 Å². The van der Waals surface area contributed by atoms with Crippen LogP contribution in [0.1, 0.15) is 46.7 Å². The van der Waals surface area contributed by atoms with E-state index in [-0.39, 0.29) is 29.8 Å². The zero-order valence-corrected chi connectivity index (χ0v) is 29.6. The predicted octanol–water partition coefficient (Wildman–Crippen LogP) is 8.71. The molecule has 5 aromatic rings. The van der Waals surface area contributed by atoms with E-state index < -0.39 is 18.0 Å². The van der Waals surface area contributed by atoms with Crippen LogP contribution in [0.25, 0.3) is 11.0 Å². The molecule has 0 radical (unpaired) electrons. The second kappa shape index (κ2) is 15.9. The maximum absolute atomic E-state index is 13.6. The molecule has 1 unspecified atom stereocenters. The number of anilines is 1. The molecule has 9 nitrogen and oxygen atoms in total. The number of aromatic nitrogens is 2. The van der Waals surface area contributed by atoms with Gasteiger partial charge in [-0.15, -0.1) is 13.2 Å². The topological polar surface area (TPSA) is 85.0 Å². The Kier molecular flexibility index (Phi) is 11.3. The summed E-state index contributed by atoms with van der Waals surface area (Å²) in [5.74, 6) is -0.368. The lowest BCUT2D eigenvalue weighted by Gasteiger charge is -2.34. The lowest BCUT2D eigenvalue weighted by Crippen LogP contribution is -2.40. The molecule has 1 saturated heterocycles. The first kappa shape index (κ1) is 36.4. The molecule has 1 fully saturated rings. The minimum atomic E-state index is -4.97. The first-order valence-electron chi connectivity index (χ1n) is 16.6. The molecule has 1 atom stereocenters. The molecule has 0 bridgehead atoms. The number of ether oxygens (including phenoxy) is 2. The third kappa shape index (κ3) is 9.10. The summed E-state index contributed by atoms with van der Waals surface area (Å²) >= 11 is 12.6. The van der Waals surface area contributed by atoms with Gasteiger partial charge in [-0.2, -0.15) is 0 Å². The number of hydrogen-bond donors (Lipinski definition) is 1. The quantitative estimate of drug-likeness (QED) is 0.129. The van der Waals surface area contributed by atoms with E-state index in [2.05, 4.69) is 25.6 Å². The number of benzene rings is 3. The van der Waals surface area contributed by atoms with Crippen LogP contribution in [0, 0.1) is 0 Å². The lowest BCUT2D eigenvalue weighted by atomic mass is 9.94. The maximum Gasteiger partial charge on any atom is 0.573 e. The molecule has 0 aliphatic carbocycles. The monoisotopic (exact) mass is 743 g/mol. The number of piperidine rings is 1. The molecule has 0 saturated carbocycles. The number of methoxy groups -OCH3 is 1. The highest BCUT2D eigenvalue weighted by Gasteiger charge is 2.34. The summed E-state index contributed by atoms with van der Waals surface area (Å²) in [5, 5.41) is 4.48. The third-order valence-corrected chi connectivity index (χ3v) is 9.93. The Balaban J connectivity index is 1.12. The van der Waals surface area contributed by atoms with Crippen LogP contribution in [-0.2, 0) is 6.54 Å². The molecular weight excluding hydrogens is 706 g/mol. The number of nitrogens with one attached hydrogen (secondary N) is 1. The normalized spacial score (nSPS) is 14.8. The predicted molar refractivity (Wildman–Crippen MR) is 191 cm³/mol. The molecular formula is C37H38Cl2F3N5O4. The molecule has 2 aromatic heterocycles. The van der Waals surface area contributed by atoms with Crippen LogP contribution >= 0.6 is 23.2 Å². The van der Waals surface area contributed by atoms with Gasteiger partial charge in [0.1, 0.15) is 11.5 Å². The van der Waals surface area contributed by atoms with Gasteiger partial charge in [0.15, 0.2) is 0 Å². The number of amides is 1. The number of likely N-dealkylation sites (tertiary alicyclic amines) is 1. The smallest absolute Gasteiger partial charge is 0.497 e. The largest absolute Gasteiger partial charge is 0.573 e. The summed E-state index contributed by atoms with van der Waals surface area (Å²) in [7, 11) is 2.93. The Hall–Kier alpha value is -4.39. The second-order valence-corrected chi connectivity index (χ2v) is 13.5. The van der Waals surface area contributed by atoms with E-state index in [1.54, 1.807) is 31.7 Å². The molecule has 1 amide bonds. The molecule has 51 heavy (non-hydrogen) atoms. The number of fused-ring (bicyclic) bond motifs is 1. The van der Waals surface area contributed by atoms with Crippen molar-refractivity contribution < 1.29 is 31.9 Å². The number of carbonyl (C=O) groups excluding carboxylic acids is 1. The minimum absolute atomic E-state index is 0.190. The van der Waals surface area contributed by atoms with Crippen molar-refractivity contribution in [2.75, 3.05) is 45.7 Å². The van der Waals surface area contributed by atoms with E-state index >= 15 is 0 Å². The molecule has 270 valence electrons. The van der Waals surface area contributed by atoms with Crippen molar-refractivity contribution in [2.24, 2.45) is 0 Å². The molecule has 1 aliphatic heterocycles. The third-order valence-electron chi connectivity index (χ3n) is 9.19. The number of nitrogens with zero attached hydrogens (tertiary/aromatic N) is 4. The average molecular weight is 745 g/mol. The summed E-state index contributed by atoms with van der Waals surface area (Å²) < 4.78 is 56.4. The average Bonchev–Trinajstić information content (AvgIpc) is 3.75. The van der Waals surface area contributed by atoms with E-state index in [1.165, 1.54) is 24.1 Å². The zero-order chi connectivity index (χ0) is 36.1. The van der Waals surface area contributed by atoms with Gasteiger partial charge in [0.25, 0.3) is 5.91 Å². The van der Waals surface area contributed by atoms with Crippen LogP contribution < -0.4 is 14.8 Å². The molecule has 3 aromatic carbocycles.